The standard InChI is InChI=1S/C14H16BrNOS/c1-10(14-6-13(15)9-18-14)16-7-11-3-2-4-12(5-11)8-17/h2-6,9-10,16-17H,7-8H2,1H3. The molecule has 0 spiro atoms. The quantitative estimate of drug-likeness (QED) is 0.875. The summed E-state index contributed by atoms with van der Waals surface area (Å²) in [6.07, 6.45) is 0. The maximum absolute atomic E-state index is 9.10. The van der Waals surface area contributed by atoms with Crippen LogP contribution in [0.4, 0.5) is 0 Å². The molecule has 4 heteroatoms. The maximum atomic E-state index is 9.10. The van der Waals surface area contributed by atoms with Crippen molar-refractivity contribution in [2.24, 2.45) is 0 Å². The molecule has 0 radical (unpaired) electrons. The number of benzene rings is 1. The highest BCUT2D eigenvalue weighted by molar-refractivity contribution is 9.10. The van der Waals surface area contributed by atoms with Gasteiger partial charge in [0.25, 0.3) is 0 Å². The second kappa shape index (κ2) is 6.48. The minimum absolute atomic E-state index is 0.0985. The summed E-state index contributed by atoms with van der Waals surface area (Å²) in [6.45, 7) is 3.07. The highest BCUT2D eigenvalue weighted by Gasteiger charge is 2.07. The molecular formula is C14H16BrNOS. The predicted molar refractivity (Wildman–Crippen MR) is 79.6 cm³/mol. The molecule has 1 heterocycles. The number of nitrogens with one attached hydrogen (secondary N) is 1. The summed E-state index contributed by atoms with van der Waals surface area (Å²) in [6, 6.07) is 10.5. The van der Waals surface area contributed by atoms with Crippen LogP contribution in [-0.4, -0.2) is 5.11 Å². The van der Waals surface area contributed by atoms with E-state index in [-0.39, 0.29) is 6.61 Å². The van der Waals surface area contributed by atoms with Crippen molar-refractivity contribution in [3.05, 3.63) is 56.2 Å². The highest BCUT2D eigenvalue weighted by Crippen LogP contribution is 2.25. The van der Waals surface area contributed by atoms with Crippen LogP contribution in [0.25, 0.3) is 0 Å². The van der Waals surface area contributed by atoms with E-state index < -0.39 is 0 Å². The van der Waals surface area contributed by atoms with Crippen LogP contribution in [0.5, 0.6) is 0 Å². The first kappa shape index (κ1) is 13.7. The molecule has 0 aliphatic carbocycles. The molecule has 0 fully saturated rings. The first-order chi connectivity index (χ1) is 8.69. The van der Waals surface area contributed by atoms with Crippen LogP contribution in [0.15, 0.2) is 40.2 Å². The molecular weight excluding hydrogens is 310 g/mol. The molecule has 2 N–H and O–H groups in total. The summed E-state index contributed by atoms with van der Waals surface area (Å²) in [5.74, 6) is 0. The van der Waals surface area contributed by atoms with Gasteiger partial charge in [0.15, 0.2) is 0 Å². The smallest absolute Gasteiger partial charge is 0.0681 e. The lowest BCUT2D eigenvalue weighted by Gasteiger charge is -2.12. The van der Waals surface area contributed by atoms with E-state index in [4.69, 9.17) is 5.11 Å². The molecule has 0 saturated carbocycles. The van der Waals surface area contributed by atoms with Crippen LogP contribution >= 0.6 is 27.3 Å². The largest absolute Gasteiger partial charge is 0.392 e. The lowest BCUT2D eigenvalue weighted by atomic mass is 10.1. The highest BCUT2D eigenvalue weighted by atomic mass is 79.9. The number of hydrogen-bond acceptors (Lipinski definition) is 3. The second-order valence-electron chi connectivity index (χ2n) is 4.25. The van der Waals surface area contributed by atoms with E-state index in [1.807, 2.05) is 18.2 Å². The van der Waals surface area contributed by atoms with E-state index in [9.17, 15) is 0 Å². The predicted octanol–water partition coefficient (Wildman–Crippen LogP) is 3.85. The van der Waals surface area contributed by atoms with E-state index in [2.05, 4.69) is 45.7 Å². The number of thiophene rings is 1. The maximum Gasteiger partial charge on any atom is 0.0681 e. The summed E-state index contributed by atoms with van der Waals surface area (Å²) in [4.78, 5) is 1.32. The van der Waals surface area contributed by atoms with Crippen LogP contribution < -0.4 is 5.32 Å². The molecule has 1 aromatic heterocycles. The van der Waals surface area contributed by atoms with Crippen molar-refractivity contribution >= 4 is 27.3 Å². The van der Waals surface area contributed by atoms with Gasteiger partial charge >= 0.3 is 0 Å². The Morgan fingerprint density at radius 2 is 2.11 bits per heavy atom. The molecule has 96 valence electrons. The van der Waals surface area contributed by atoms with Crippen molar-refractivity contribution in [2.45, 2.75) is 26.1 Å². The molecule has 0 aliphatic rings. The summed E-state index contributed by atoms with van der Waals surface area (Å²) in [5.41, 5.74) is 2.16. The van der Waals surface area contributed by atoms with Crippen LogP contribution in [0.2, 0.25) is 0 Å². The minimum atomic E-state index is 0.0985. The molecule has 1 unspecified atom stereocenters. The Hall–Kier alpha value is -0.680. The Morgan fingerprint density at radius 3 is 2.78 bits per heavy atom. The molecule has 0 bridgehead atoms. The zero-order valence-electron chi connectivity index (χ0n) is 10.2. The summed E-state index contributed by atoms with van der Waals surface area (Å²) in [7, 11) is 0. The lowest BCUT2D eigenvalue weighted by molar-refractivity contribution is 0.281. The van der Waals surface area contributed by atoms with Crippen molar-refractivity contribution in [1.29, 1.82) is 0 Å². The van der Waals surface area contributed by atoms with Gasteiger partial charge in [-0.15, -0.1) is 11.3 Å². The number of rotatable bonds is 5. The van der Waals surface area contributed by atoms with Gasteiger partial charge in [-0.05, 0) is 40.0 Å². The van der Waals surface area contributed by atoms with Gasteiger partial charge in [0.05, 0.1) is 6.61 Å². The first-order valence-electron chi connectivity index (χ1n) is 5.85. The van der Waals surface area contributed by atoms with Crippen molar-refractivity contribution < 1.29 is 5.11 Å². The number of hydrogen-bond donors (Lipinski definition) is 2. The van der Waals surface area contributed by atoms with Gasteiger partial charge in [-0.25, -0.2) is 0 Å². The average molecular weight is 326 g/mol. The summed E-state index contributed by atoms with van der Waals surface area (Å²) in [5, 5.41) is 14.7. The van der Waals surface area contributed by atoms with E-state index in [1.165, 1.54) is 10.4 Å². The molecule has 0 aliphatic heterocycles. The lowest BCUT2D eigenvalue weighted by Crippen LogP contribution is -2.17. The molecule has 2 nitrogen and oxygen atoms in total. The molecule has 2 aromatic rings. The van der Waals surface area contributed by atoms with Crippen LogP contribution in [0.3, 0.4) is 0 Å². The molecule has 18 heavy (non-hydrogen) atoms. The Balaban J connectivity index is 1.94. The fraction of sp³-hybridized carbons (Fsp3) is 0.286. The number of aliphatic hydroxyl groups is 1. The van der Waals surface area contributed by atoms with E-state index in [0.29, 0.717) is 6.04 Å². The van der Waals surface area contributed by atoms with Gasteiger partial charge in [-0.3, -0.25) is 0 Å². The van der Waals surface area contributed by atoms with Gasteiger partial charge in [-0.1, -0.05) is 24.3 Å². The monoisotopic (exact) mass is 325 g/mol. The third kappa shape index (κ3) is 3.65. The molecule has 1 aromatic carbocycles. The second-order valence-corrected chi connectivity index (χ2v) is 6.11. The van der Waals surface area contributed by atoms with E-state index in [1.54, 1.807) is 11.3 Å². The minimum Gasteiger partial charge on any atom is -0.392 e. The number of aliphatic hydroxyl groups excluding tert-OH is 1. The molecule has 2 rings (SSSR count). The Bertz CT molecular complexity index is 512. The SMILES string of the molecule is CC(NCc1cccc(CO)c1)c1cc(Br)cs1. The molecule has 0 saturated heterocycles. The first-order valence-corrected chi connectivity index (χ1v) is 7.52. The van der Waals surface area contributed by atoms with Gasteiger partial charge < -0.3 is 10.4 Å². The number of halogens is 1. The zero-order valence-corrected chi connectivity index (χ0v) is 12.6. The van der Waals surface area contributed by atoms with Gasteiger partial charge in [0, 0.05) is 27.3 Å². The topological polar surface area (TPSA) is 32.3 Å². The van der Waals surface area contributed by atoms with Crippen molar-refractivity contribution in [1.82, 2.24) is 5.32 Å². The van der Waals surface area contributed by atoms with Crippen LogP contribution in [0, 0.1) is 0 Å². The fourth-order valence-corrected chi connectivity index (χ4v) is 3.24. The van der Waals surface area contributed by atoms with E-state index >= 15 is 0 Å². The van der Waals surface area contributed by atoms with Crippen molar-refractivity contribution in [2.75, 3.05) is 0 Å². The fourth-order valence-electron chi connectivity index (χ4n) is 1.76. The Labute approximate surface area is 120 Å². The molecule has 1 atom stereocenters. The van der Waals surface area contributed by atoms with Crippen LogP contribution in [-0.2, 0) is 13.2 Å². The Morgan fingerprint density at radius 1 is 1.33 bits per heavy atom. The zero-order chi connectivity index (χ0) is 13.0. The summed E-state index contributed by atoms with van der Waals surface area (Å²) >= 11 is 5.22. The van der Waals surface area contributed by atoms with Crippen LogP contribution in [0.1, 0.15) is 29.0 Å². The third-order valence-corrected chi connectivity index (χ3v) is 4.68. The van der Waals surface area contributed by atoms with Crippen molar-refractivity contribution in [3.63, 3.8) is 0 Å². The Kier molecular flexibility index (Phi) is 4.95. The summed E-state index contributed by atoms with van der Waals surface area (Å²) < 4.78 is 1.14. The van der Waals surface area contributed by atoms with Gasteiger partial charge in [0.1, 0.15) is 0 Å². The third-order valence-electron chi connectivity index (χ3n) is 2.80. The average Bonchev–Trinajstić information content (AvgIpc) is 2.83. The van der Waals surface area contributed by atoms with E-state index in [0.717, 1.165) is 16.6 Å². The van der Waals surface area contributed by atoms with Crippen molar-refractivity contribution in [3.8, 4) is 0 Å². The normalized spacial score (nSPS) is 12.6. The molecule has 0 amide bonds. The van der Waals surface area contributed by atoms with Gasteiger partial charge in [-0.2, -0.15) is 0 Å². The van der Waals surface area contributed by atoms with Gasteiger partial charge in [0.2, 0.25) is 0 Å².